The first kappa shape index (κ1) is 10.2. The standard InChI is InChI=1S/C10H15NO2/c1-11(2)8-10(12,13)9-6-4-3-5-7-9/h3-7,12-13H,8H2,1-2H3. The van der Waals surface area contributed by atoms with Crippen LogP contribution in [0.3, 0.4) is 0 Å². The van der Waals surface area contributed by atoms with E-state index in [1.165, 1.54) is 0 Å². The summed E-state index contributed by atoms with van der Waals surface area (Å²) in [5.74, 6) is -1.76. The summed E-state index contributed by atoms with van der Waals surface area (Å²) < 4.78 is 0. The molecule has 0 radical (unpaired) electrons. The molecule has 0 aromatic heterocycles. The average molecular weight is 181 g/mol. The van der Waals surface area contributed by atoms with Gasteiger partial charge in [-0.3, -0.25) is 0 Å². The van der Waals surface area contributed by atoms with Gasteiger partial charge in [0.1, 0.15) is 0 Å². The van der Waals surface area contributed by atoms with E-state index in [2.05, 4.69) is 0 Å². The van der Waals surface area contributed by atoms with E-state index in [9.17, 15) is 10.2 Å². The van der Waals surface area contributed by atoms with Gasteiger partial charge in [0.05, 0.1) is 6.54 Å². The van der Waals surface area contributed by atoms with Gasteiger partial charge in [0, 0.05) is 5.56 Å². The Bertz CT molecular complexity index is 257. The number of hydrogen-bond donors (Lipinski definition) is 2. The third-order valence-electron chi connectivity index (χ3n) is 1.77. The molecule has 1 aromatic rings. The molecule has 0 aliphatic rings. The minimum absolute atomic E-state index is 0.191. The van der Waals surface area contributed by atoms with Gasteiger partial charge in [0.2, 0.25) is 5.79 Å². The van der Waals surface area contributed by atoms with Gasteiger partial charge in [-0.1, -0.05) is 30.3 Å². The van der Waals surface area contributed by atoms with Crippen LogP contribution < -0.4 is 0 Å². The van der Waals surface area contributed by atoms with Gasteiger partial charge < -0.3 is 15.1 Å². The van der Waals surface area contributed by atoms with Gasteiger partial charge in [0.15, 0.2) is 0 Å². The van der Waals surface area contributed by atoms with Crippen LogP contribution in [0.25, 0.3) is 0 Å². The third kappa shape index (κ3) is 2.81. The molecule has 72 valence electrons. The van der Waals surface area contributed by atoms with Crippen molar-refractivity contribution >= 4 is 0 Å². The number of benzene rings is 1. The lowest BCUT2D eigenvalue weighted by atomic mass is 10.1. The molecule has 0 spiro atoms. The van der Waals surface area contributed by atoms with Crippen molar-refractivity contribution in [2.24, 2.45) is 0 Å². The Kier molecular flexibility index (Phi) is 3.03. The minimum Gasteiger partial charge on any atom is -0.361 e. The zero-order valence-corrected chi connectivity index (χ0v) is 7.94. The molecular weight excluding hydrogens is 166 g/mol. The second kappa shape index (κ2) is 3.87. The lowest BCUT2D eigenvalue weighted by Crippen LogP contribution is -2.37. The van der Waals surface area contributed by atoms with Crippen LogP contribution in [-0.2, 0) is 5.79 Å². The summed E-state index contributed by atoms with van der Waals surface area (Å²) in [6.45, 7) is 0.191. The van der Waals surface area contributed by atoms with Crippen LogP contribution in [-0.4, -0.2) is 35.8 Å². The Morgan fingerprint density at radius 1 is 1.15 bits per heavy atom. The van der Waals surface area contributed by atoms with Crippen molar-refractivity contribution in [2.75, 3.05) is 20.6 Å². The molecule has 0 fully saturated rings. The molecule has 3 nitrogen and oxygen atoms in total. The predicted molar refractivity (Wildman–Crippen MR) is 51.1 cm³/mol. The van der Waals surface area contributed by atoms with E-state index in [1.807, 2.05) is 6.07 Å². The Labute approximate surface area is 78.2 Å². The molecule has 0 saturated heterocycles. The molecule has 0 atom stereocenters. The molecule has 0 aliphatic carbocycles. The van der Waals surface area contributed by atoms with E-state index < -0.39 is 5.79 Å². The van der Waals surface area contributed by atoms with Crippen LogP contribution in [0.5, 0.6) is 0 Å². The Morgan fingerprint density at radius 2 is 1.69 bits per heavy atom. The highest BCUT2D eigenvalue weighted by atomic mass is 16.5. The highest BCUT2D eigenvalue weighted by molar-refractivity contribution is 5.19. The average Bonchev–Trinajstić information content (AvgIpc) is 2.04. The van der Waals surface area contributed by atoms with Crippen LogP contribution in [0.1, 0.15) is 5.56 Å². The van der Waals surface area contributed by atoms with Gasteiger partial charge >= 0.3 is 0 Å². The fourth-order valence-corrected chi connectivity index (χ4v) is 1.24. The highest BCUT2D eigenvalue weighted by Crippen LogP contribution is 2.17. The Hall–Kier alpha value is -0.900. The molecule has 0 bridgehead atoms. The highest BCUT2D eigenvalue weighted by Gasteiger charge is 2.25. The van der Waals surface area contributed by atoms with Crippen molar-refractivity contribution in [1.29, 1.82) is 0 Å². The lowest BCUT2D eigenvalue weighted by molar-refractivity contribution is -0.178. The summed E-state index contributed by atoms with van der Waals surface area (Å²) in [5.41, 5.74) is 0.517. The third-order valence-corrected chi connectivity index (χ3v) is 1.77. The van der Waals surface area contributed by atoms with Crippen molar-refractivity contribution < 1.29 is 10.2 Å². The van der Waals surface area contributed by atoms with Gasteiger partial charge in [-0.05, 0) is 14.1 Å². The van der Waals surface area contributed by atoms with Gasteiger partial charge in [-0.2, -0.15) is 0 Å². The first-order valence-electron chi connectivity index (χ1n) is 4.17. The van der Waals surface area contributed by atoms with Crippen molar-refractivity contribution in [2.45, 2.75) is 5.79 Å². The zero-order chi connectivity index (χ0) is 9.90. The quantitative estimate of drug-likeness (QED) is 0.663. The van der Waals surface area contributed by atoms with Crippen molar-refractivity contribution in [3.63, 3.8) is 0 Å². The van der Waals surface area contributed by atoms with Gasteiger partial charge in [-0.25, -0.2) is 0 Å². The Balaban J connectivity index is 2.81. The summed E-state index contributed by atoms with van der Waals surface area (Å²) in [6, 6.07) is 8.81. The topological polar surface area (TPSA) is 43.7 Å². The maximum atomic E-state index is 9.67. The number of rotatable bonds is 3. The molecular formula is C10H15NO2. The van der Waals surface area contributed by atoms with Gasteiger partial charge in [0.25, 0.3) is 0 Å². The fraction of sp³-hybridized carbons (Fsp3) is 0.400. The van der Waals surface area contributed by atoms with Crippen molar-refractivity contribution in [3.05, 3.63) is 35.9 Å². The van der Waals surface area contributed by atoms with E-state index in [1.54, 1.807) is 43.3 Å². The summed E-state index contributed by atoms with van der Waals surface area (Å²) in [5, 5.41) is 19.3. The van der Waals surface area contributed by atoms with E-state index in [0.717, 1.165) is 0 Å². The number of nitrogens with zero attached hydrogens (tertiary/aromatic N) is 1. The Morgan fingerprint density at radius 3 is 2.15 bits per heavy atom. The molecule has 0 heterocycles. The predicted octanol–water partition coefficient (Wildman–Crippen LogP) is 0.386. The molecule has 3 heteroatoms. The van der Waals surface area contributed by atoms with Crippen LogP contribution in [0, 0.1) is 0 Å². The summed E-state index contributed by atoms with van der Waals surface area (Å²) in [4.78, 5) is 1.73. The smallest absolute Gasteiger partial charge is 0.203 e. The van der Waals surface area contributed by atoms with E-state index in [-0.39, 0.29) is 6.54 Å². The minimum atomic E-state index is -1.76. The second-order valence-electron chi connectivity index (χ2n) is 3.42. The second-order valence-corrected chi connectivity index (χ2v) is 3.42. The normalized spacial score (nSPS) is 12.1. The van der Waals surface area contributed by atoms with E-state index in [0.29, 0.717) is 5.56 Å². The van der Waals surface area contributed by atoms with Crippen LogP contribution in [0.4, 0.5) is 0 Å². The van der Waals surface area contributed by atoms with E-state index in [4.69, 9.17) is 0 Å². The molecule has 0 aliphatic heterocycles. The summed E-state index contributed by atoms with van der Waals surface area (Å²) >= 11 is 0. The molecule has 0 saturated carbocycles. The molecule has 13 heavy (non-hydrogen) atoms. The van der Waals surface area contributed by atoms with Crippen molar-refractivity contribution in [1.82, 2.24) is 4.90 Å². The van der Waals surface area contributed by atoms with Crippen LogP contribution in [0.15, 0.2) is 30.3 Å². The van der Waals surface area contributed by atoms with Gasteiger partial charge in [-0.15, -0.1) is 0 Å². The largest absolute Gasteiger partial charge is 0.361 e. The molecule has 2 N–H and O–H groups in total. The summed E-state index contributed by atoms with van der Waals surface area (Å²) in [6.07, 6.45) is 0. The van der Waals surface area contributed by atoms with Crippen LogP contribution in [0.2, 0.25) is 0 Å². The maximum absolute atomic E-state index is 9.67. The number of hydrogen-bond acceptors (Lipinski definition) is 3. The summed E-state index contributed by atoms with van der Waals surface area (Å²) in [7, 11) is 3.59. The number of likely N-dealkylation sites (N-methyl/N-ethyl adjacent to an activating group) is 1. The maximum Gasteiger partial charge on any atom is 0.203 e. The van der Waals surface area contributed by atoms with Crippen molar-refractivity contribution in [3.8, 4) is 0 Å². The molecule has 0 amide bonds. The fourth-order valence-electron chi connectivity index (χ4n) is 1.24. The monoisotopic (exact) mass is 181 g/mol. The first-order valence-corrected chi connectivity index (χ1v) is 4.17. The molecule has 0 unspecified atom stereocenters. The number of aliphatic hydroxyl groups is 2. The zero-order valence-electron chi connectivity index (χ0n) is 7.94. The molecule has 1 aromatic carbocycles. The first-order chi connectivity index (χ1) is 6.02. The van der Waals surface area contributed by atoms with E-state index >= 15 is 0 Å². The van der Waals surface area contributed by atoms with Crippen LogP contribution >= 0.6 is 0 Å². The lowest BCUT2D eigenvalue weighted by Gasteiger charge is -2.25. The SMILES string of the molecule is CN(C)CC(O)(O)c1ccccc1. The molecule has 1 rings (SSSR count).